The largest absolute Gasteiger partial charge is 0.452 e. The highest BCUT2D eigenvalue weighted by Gasteiger charge is 2.23. The normalized spacial score (nSPS) is 16.0. The Morgan fingerprint density at radius 1 is 1.23 bits per heavy atom. The average molecular weight is 411 g/mol. The number of likely N-dealkylation sites (tertiary alicyclic amines) is 1. The highest BCUT2D eigenvalue weighted by atomic mass is 16.6. The number of nitro groups is 1. The Morgan fingerprint density at radius 2 is 2.00 bits per heavy atom. The molecule has 0 bridgehead atoms. The number of anilines is 1. The highest BCUT2D eigenvalue weighted by molar-refractivity contribution is 5.97. The van der Waals surface area contributed by atoms with Gasteiger partial charge in [-0.15, -0.1) is 0 Å². The third-order valence-electron chi connectivity index (χ3n) is 5.10. The molecule has 0 radical (unpaired) electrons. The number of nitro benzene ring substituents is 1. The van der Waals surface area contributed by atoms with Gasteiger partial charge in [-0.2, -0.15) is 0 Å². The summed E-state index contributed by atoms with van der Waals surface area (Å²) in [6.07, 6.45) is 2.01. The fraction of sp³-hybridized carbons (Fsp3) is 0.364. The third-order valence-corrected chi connectivity index (χ3v) is 5.10. The van der Waals surface area contributed by atoms with Crippen molar-refractivity contribution in [1.82, 2.24) is 4.90 Å². The van der Waals surface area contributed by atoms with Crippen molar-refractivity contribution in [2.75, 3.05) is 25.0 Å². The molecule has 0 aromatic heterocycles. The molecule has 30 heavy (non-hydrogen) atoms. The predicted octanol–water partition coefficient (Wildman–Crippen LogP) is 3.62. The zero-order chi connectivity index (χ0) is 21.5. The molecule has 0 spiro atoms. The molecule has 1 fully saturated rings. The molecule has 0 saturated carbocycles. The van der Waals surface area contributed by atoms with Crippen molar-refractivity contribution >= 4 is 23.3 Å². The first-order valence-electron chi connectivity index (χ1n) is 9.95. The molecule has 1 heterocycles. The monoisotopic (exact) mass is 411 g/mol. The van der Waals surface area contributed by atoms with Crippen molar-refractivity contribution < 1.29 is 19.2 Å². The number of nitrogens with one attached hydrogen (secondary N) is 1. The van der Waals surface area contributed by atoms with Gasteiger partial charge in [-0.05, 0) is 30.4 Å². The fourth-order valence-corrected chi connectivity index (χ4v) is 3.47. The quantitative estimate of drug-likeness (QED) is 0.424. The zero-order valence-corrected chi connectivity index (χ0v) is 16.9. The summed E-state index contributed by atoms with van der Waals surface area (Å²) in [4.78, 5) is 37.3. The van der Waals surface area contributed by atoms with Crippen LogP contribution in [0.2, 0.25) is 0 Å². The number of carbonyl (C=O) groups excluding carboxylic acids is 2. The second kappa shape index (κ2) is 9.87. The van der Waals surface area contributed by atoms with Crippen molar-refractivity contribution in [3.8, 4) is 0 Å². The van der Waals surface area contributed by atoms with Crippen LogP contribution in [0.4, 0.5) is 11.4 Å². The average Bonchev–Trinajstić information content (AvgIpc) is 2.76. The second-order valence-electron chi connectivity index (χ2n) is 7.49. The molecule has 1 saturated heterocycles. The van der Waals surface area contributed by atoms with E-state index in [9.17, 15) is 19.7 Å². The SMILES string of the molecule is C[C@H]1CCCN(C(=O)COC(=O)c2cc([N+](=O)[O-])ccc2NCc2ccccc2)C1. The number of piperidine rings is 1. The first-order valence-corrected chi connectivity index (χ1v) is 9.95. The van der Waals surface area contributed by atoms with Crippen molar-refractivity contribution in [2.24, 2.45) is 5.92 Å². The summed E-state index contributed by atoms with van der Waals surface area (Å²) < 4.78 is 5.21. The topological polar surface area (TPSA) is 102 Å². The number of rotatable bonds is 7. The first-order chi connectivity index (χ1) is 14.4. The van der Waals surface area contributed by atoms with E-state index < -0.39 is 10.9 Å². The first kappa shape index (κ1) is 21.3. The van der Waals surface area contributed by atoms with Crippen LogP contribution in [-0.2, 0) is 16.1 Å². The maximum absolute atomic E-state index is 12.6. The third kappa shape index (κ3) is 5.56. The van der Waals surface area contributed by atoms with E-state index in [1.807, 2.05) is 30.3 Å². The summed E-state index contributed by atoms with van der Waals surface area (Å²) in [5.41, 5.74) is 1.21. The van der Waals surface area contributed by atoms with Crippen LogP contribution in [-0.4, -0.2) is 41.4 Å². The number of carbonyl (C=O) groups is 2. The number of hydrogen-bond donors (Lipinski definition) is 1. The number of nitrogens with zero attached hydrogens (tertiary/aromatic N) is 2. The Morgan fingerprint density at radius 3 is 2.70 bits per heavy atom. The zero-order valence-electron chi connectivity index (χ0n) is 16.9. The van der Waals surface area contributed by atoms with E-state index >= 15 is 0 Å². The van der Waals surface area contributed by atoms with Gasteiger partial charge in [0.15, 0.2) is 6.61 Å². The molecule has 2 aromatic rings. The van der Waals surface area contributed by atoms with Gasteiger partial charge in [0.25, 0.3) is 11.6 Å². The minimum atomic E-state index is -0.771. The fourth-order valence-electron chi connectivity index (χ4n) is 3.47. The molecule has 0 unspecified atom stereocenters. The molecular weight excluding hydrogens is 386 g/mol. The summed E-state index contributed by atoms with van der Waals surface area (Å²) in [6.45, 7) is 3.44. The standard InChI is InChI=1S/C22H25N3O5/c1-16-6-5-11-24(14-16)21(26)15-30-22(27)19-12-18(25(28)29)9-10-20(19)23-13-17-7-3-2-4-8-17/h2-4,7-10,12,16,23H,5-6,11,13-15H2,1H3/t16-/m0/s1. The van der Waals surface area contributed by atoms with Crippen LogP contribution in [0, 0.1) is 16.0 Å². The molecule has 1 amide bonds. The Balaban J connectivity index is 1.69. The smallest absolute Gasteiger partial charge is 0.341 e. The van der Waals surface area contributed by atoms with E-state index in [-0.39, 0.29) is 23.8 Å². The van der Waals surface area contributed by atoms with E-state index in [4.69, 9.17) is 4.74 Å². The lowest BCUT2D eigenvalue weighted by Gasteiger charge is -2.30. The van der Waals surface area contributed by atoms with E-state index in [1.54, 1.807) is 4.90 Å². The maximum atomic E-state index is 12.6. The van der Waals surface area contributed by atoms with Gasteiger partial charge in [0, 0.05) is 37.5 Å². The number of esters is 1. The second-order valence-corrected chi connectivity index (χ2v) is 7.49. The van der Waals surface area contributed by atoms with E-state index in [0.29, 0.717) is 31.2 Å². The van der Waals surface area contributed by atoms with E-state index in [0.717, 1.165) is 18.4 Å². The predicted molar refractivity (Wildman–Crippen MR) is 112 cm³/mol. The van der Waals surface area contributed by atoms with Crippen LogP contribution >= 0.6 is 0 Å². The summed E-state index contributed by atoms with van der Waals surface area (Å²) in [5.74, 6) is -0.601. The summed E-state index contributed by atoms with van der Waals surface area (Å²) in [5, 5.41) is 14.3. The number of hydrogen-bond acceptors (Lipinski definition) is 6. The van der Waals surface area contributed by atoms with Gasteiger partial charge in [-0.1, -0.05) is 37.3 Å². The summed E-state index contributed by atoms with van der Waals surface area (Å²) >= 11 is 0. The number of ether oxygens (including phenoxy) is 1. The van der Waals surface area contributed by atoms with Crippen LogP contribution in [0.15, 0.2) is 48.5 Å². The minimum absolute atomic E-state index is 0.0277. The Bertz CT molecular complexity index is 916. The van der Waals surface area contributed by atoms with Crippen LogP contribution in [0.3, 0.4) is 0 Å². The lowest BCUT2D eigenvalue weighted by Crippen LogP contribution is -2.41. The van der Waals surface area contributed by atoms with Gasteiger partial charge in [-0.3, -0.25) is 14.9 Å². The van der Waals surface area contributed by atoms with E-state index in [2.05, 4.69) is 12.2 Å². The van der Waals surface area contributed by atoms with Gasteiger partial charge in [0.2, 0.25) is 0 Å². The molecule has 8 nitrogen and oxygen atoms in total. The van der Waals surface area contributed by atoms with Crippen LogP contribution in [0.25, 0.3) is 0 Å². The molecular formula is C22H25N3O5. The Hall–Kier alpha value is -3.42. The molecule has 1 atom stereocenters. The minimum Gasteiger partial charge on any atom is -0.452 e. The van der Waals surface area contributed by atoms with E-state index in [1.165, 1.54) is 18.2 Å². The van der Waals surface area contributed by atoms with Crippen molar-refractivity contribution in [3.05, 3.63) is 69.8 Å². The molecule has 1 aliphatic rings. The summed E-state index contributed by atoms with van der Waals surface area (Å²) in [7, 11) is 0. The number of benzene rings is 2. The van der Waals surface area contributed by atoms with Gasteiger partial charge in [-0.25, -0.2) is 4.79 Å². The molecule has 3 rings (SSSR count). The van der Waals surface area contributed by atoms with Gasteiger partial charge in [0.1, 0.15) is 0 Å². The van der Waals surface area contributed by atoms with Gasteiger partial charge < -0.3 is 15.0 Å². The lowest BCUT2D eigenvalue weighted by atomic mass is 10.0. The van der Waals surface area contributed by atoms with Crippen molar-refractivity contribution in [2.45, 2.75) is 26.3 Å². The molecule has 1 N–H and O–H groups in total. The van der Waals surface area contributed by atoms with Crippen LogP contribution < -0.4 is 5.32 Å². The molecule has 1 aliphatic heterocycles. The van der Waals surface area contributed by atoms with Crippen LogP contribution in [0.1, 0.15) is 35.7 Å². The van der Waals surface area contributed by atoms with Gasteiger partial charge >= 0.3 is 5.97 Å². The van der Waals surface area contributed by atoms with Crippen molar-refractivity contribution in [3.63, 3.8) is 0 Å². The highest BCUT2D eigenvalue weighted by Crippen LogP contribution is 2.24. The number of non-ortho nitro benzene ring substituents is 1. The molecule has 0 aliphatic carbocycles. The molecule has 8 heteroatoms. The lowest BCUT2D eigenvalue weighted by molar-refractivity contribution is -0.384. The van der Waals surface area contributed by atoms with Crippen LogP contribution in [0.5, 0.6) is 0 Å². The van der Waals surface area contributed by atoms with Gasteiger partial charge in [0.05, 0.1) is 10.5 Å². The Kier molecular flexibility index (Phi) is 7.00. The summed E-state index contributed by atoms with van der Waals surface area (Å²) in [6, 6.07) is 13.5. The Labute approximate surface area is 175 Å². The van der Waals surface area contributed by atoms with Crippen molar-refractivity contribution in [1.29, 1.82) is 0 Å². The molecule has 158 valence electrons. The number of amides is 1. The molecule has 2 aromatic carbocycles. The maximum Gasteiger partial charge on any atom is 0.341 e.